The van der Waals surface area contributed by atoms with Crippen LogP contribution in [-0.2, 0) is 4.74 Å². The number of nitrogens with two attached hydrogens (primary N) is 1. The predicted octanol–water partition coefficient (Wildman–Crippen LogP) is 0.723. The molecule has 74 valence electrons. The van der Waals surface area contributed by atoms with Gasteiger partial charge < -0.3 is 10.5 Å². The van der Waals surface area contributed by atoms with Gasteiger partial charge in [0.15, 0.2) is 5.69 Å². The van der Waals surface area contributed by atoms with E-state index in [-0.39, 0.29) is 5.69 Å². The van der Waals surface area contributed by atoms with Crippen LogP contribution < -0.4 is 5.73 Å². The molecule has 0 unspecified atom stereocenters. The van der Waals surface area contributed by atoms with E-state index in [1.54, 1.807) is 0 Å². The summed E-state index contributed by atoms with van der Waals surface area (Å²) in [7, 11) is 1.32. The maximum Gasteiger partial charge on any atom is 0.356 e. The summed E-state index contributed by atoms with van der Waals surface area (Å²) in [4.78, 5) is 19.4. The molecule has 5 nitrogen and oxygen atoms in total. The first kappa shape index (κ1) is 8.93. The van der Waals surface area contributed by atoms with Gasteiger partial charge in [0.25, 0.3) is 0 Å². The Bertz CT molecular complexity index is 374. The Morgan fingerprint density at radius 1 is 1.57 bits per heavy atom. The monoisotopic (exact) mass is 193 g/mol. The van der Waals surface area contributed by atoms with Crippen LogP contribution in [-0.4, -0.2) is 23.0 Å². The summed E-state index contributed by atoms with van der Waals surface area (Å²) in [5, 5.41) is 0. The molecule has 0 atom stereocenters. The standard InChI is InChI=1S/C9H11N3O2/c1-14-9(13)6-4-7(10)12-8(11-6)5-2-3-5/h4-5H,2-3H2,1H3,(H2,10,11,12). The zero-order valence-electron chi connectivity index (χ0n) is 7.86. The first-order chi connectivity index (χ1) is 6.70. The molecule has 1 heterocycles. The number of hydrogen-bond acceptors (Lipinski definition) is 5. The predicted molar refractivity (Wildman–Crippen MR) is 49.8 cm³/mol. The molecule has 1 fully saturated rings. The zero-order valence-corrected chi connectivity index (χ0v) is 7.86. The average Bonchev–Trinajstić information content (AvgIpc) is 2.98. The molecule has 0 amide bonds. The van der Waals surface area contributed by atoms with Gasteiger partial charge in [-0.05, 0) is 12.8 Å². The lowest BCUT2D eigenvalue weighted by Gasteiger charge is -2.02. The lowest BCUT2D eigenvalue weighted by molar-refractivity contribution is 0.0593. The van der Waals surface area contributed by atoms with Gasteiger partial charge in [-0.1, -0.05) is 0 Å². The maximum absolute atomic E-state index is 11.2. The number of rotatable bonds is 2. The van der Waals surface area contributed by atoms with Gasteiger partial charge in [0.2, 0.25) is 0 Å². The number of carbonyl (C=O) groups excluding carboxylic acids is 1. The van der Waals surface area contributed by atoms with E-state index in [0.717, 1.165) is 12.8 Å². The fraction of sp³-hybridized carbons (Fsp3) is 0.444. The van der Waals surface area contributed by atoms with Gasteiger partial charge in [-0.15, -0.1) is 0 Å². The van der Waals surface area contributed by atoms with E-state index < -0.39 is 5.97 Å². The second kappa shape index (κ2) is 3.25. The highest BCUT2D eigenvalue weighted by atomic mass is 16.5. The molecule has 14 heavy (non-hydrogen) atoms. The molecule has 0 spiro atoms. The largest absolute Gasteiger partial charge is 0.464 e. The van der Waals surface area contributed by atoms with Crippen molar-refractivity contribution < 1.29 is 9.53 Å². The quantitative estimate of drug-likeness (QED) is 0.700. The van der Waals surface area contributed by atoms with Crippen molar-refractivity contribution >= 4 is 11.8 Å². The van der Waals surface area contributed by atoms with Crippen molar-refractivity contribution in [2.75, 3.05) is 12.8 Å². The van der Waals surface area contributed by atoms with Crippen LogP contribution in [0.25, 0.3) is 0 Å². The minimum atomic E-state index is -0.471. The Hall–Kier alpha value is -1.65. The van der Waals surface area contributed by atoms with Crippen molar-refractivity contribution in [1.82, 2.24) is 9.97 Å². The first-order valence-electron chi connectivity index (χ1n) is 4.43. The number of hydrogen-bond donors (Lipinski definition) is 1. The molecule has 0 aliphatic heterocycles. The van der Waals surface area contributed by atoms with Crippen LogP contribution in [0.4, 0.5) is 5.82 Å². The fourth-order valence-electron chi connectivity index (χ4n) is 1.22. The summed E-state index contributed by atoms with van der Waals surface area (Å²) >= 11 is 0. The van der Waals surface area contributed by atoms with E-state index >= 15 is 0 Å². The number of methoxy groups -OCH3 is 1. The summed E-state index contributed by atoms with van der Waals surface area (Å²) in [6.45, 7) is 0. The maximum atomic E-state index is 11.2. The Balaban J connectivity index is 2.35. The minimum absolute atomic E-state index is 0.238. The highest BCUT2D eigenvalue weighted by Gasteiger charge is 2.27. The summed E-state index contributed by atoms with van der Waals surface area (Å²) in [5.74, 6) is 0.885. The van der Waals surface area contributed by atoms with Crippen molar-refractivity contribution in [2.24, 2.45) is 0 Å². The van der Waals surface area contributed by atoms with E-state index in [4.69, 9.17) is 5.73 Å². The van der Waals surface area contributed by atoms with Crippen molar-refractivity contribution in [2.45, 2.75) is 18.8 Å². The van der Waals surface area contributed by atoms with Crippen molar-refractivity contribution in [3.8, 4) is 0 Å². The minimum Gasteiger partial charge on any atom is -0.464 e. The molecule has 1 saturated carbocycles. The topological polar surface area (TPSA) is 78.1 Å². The Morgan fingerprint density at radius 3 is 2.86 bits per heavy atom. The number of carbonyl (C=O) groups is 1. The van der Waals surface area contributed by atoms with Crippen molar-refractivity contribution in [1.29, 1.82) is 0 Å². The number of esters is 1. The summed E-state index contributed by atoms with van der Waals surface area (Å²) in [5.41, 5.74) is 5.80. The molecule has 1 aromatic rings. The molecule has 0 aromatic carbocycles. The van der Waals surface area contributed by atoms with Crippen LogP contribution in [0.15, 0.2) is 6.07 Å². The molecule has 0 bridgehead atoms. The molecule has 1 aliphatic carbocycles. The van der Waals surface area contributed by atoms with E-state index in [9.17, 15) is 4.79 Å². The Kier molecular flexibility index (Phi) is 2.07. The van der Waals surface area contributed by atoms with Crippen molar-refractivity contribution in [3.63, 3.8) is 0 Å². The molecular weight excluding hydrogens is 182 g/mol. The van der Waals surface area contributed by atoms with Gasteiger partial charge >= 0.3 is 5.97 Å². The molecule has 5 heteroatoms. The number of ether oxygens (including phenoxy) is 1. The molecular formula is C9H11N3O2. The summed E-state index contributed by atoms with van der Waals surface area (Å²) < 4.78 is 4.56. The zero-order chi connectivity index (χ0) is 10.1. The van der Waals surface area contributed by atoms with E-state index in [0.29, 0.717) is 17.6 Å². The SMILES string of the molecule is COC(=O)c1cc(N)nc(C2CC2)n1. The number of nitrogens with zero attached hydrogens (tertiary/aromatic N) is 2. The highest BCUT2D eigenvalue weighted by molar-refractivity contribution is 5.87. The van der Waals surface area contributed by atoms with Gasteiger partial charge in [-0.2, -0.15) is 0 Å². The molecule has 0 radical (unpaired) electrons. The summed E-state index contributed by atoms with van der Waals surface area (Å²) in [6.07, 6.45) is 2.15. The lowest BCUT2D eigenvalue weighted by atomic mass is 10.3. The smallest absolute Gasteiger partial charge is 0.356 e. The Morgan fingerprint density at radius 2 is 2.29 bits per heavy atom. The third kappa shape index (κ3) is 1.66. The number of aromatic nitrogens is 2. The highest BCUT2D eigenvalue weighted by Crippen LogP contribution is 2.38. The second-order valence-corrected chi connectivity index (χ2v) is 3.30. The molecule has 2 N–H and O–H groups in total. The molecule has 0 saturated heterocycles. The van der Waals surface area contributed by atoms with E-state index in [2.05, 4.69) is 14.7 Å². The van der Waals surface area contributed by atoms with Gasteiger partial charge in [0.05, 0.1) is 7.11 Å². The molecule has 1 aromatic heterocycles. The van der Waals surface area contributed by atoms with Crippen LogP contribution in [0.2, 0.25) is 0 Å². The number of anilines is 1. The molecule has 1 aliphatic rings. The third-order valence-corrected chi connectivity index (χ3v) is 2.10. The normalized spacial score (nSPS) is 15.2. The van der Waals surface area contributed by atoms with Crippen LogP contribution in [0.1, 0.15) is 35.1 Å². The van der Waals surface area contributed by atoms with Gasteiger partial charge in [0.1, 0.15) is 11.6 Å². The lowest BCUT2D eigenvalue weighted by Crippen LogP contribution is -2.09. The van der Waals surface area contributed by atoms with Crippen LogP contribution in [0, 0.1) is 0 Å². The second-order valence-electron chi connectivity index (χ2n) is 3.30. The number of nitrogen functional groups attached to an aromatic ring is 1. The fourth-order valence-corrected chi connectivity index (χ4v) is 1.22. The van der Waals surface area contributed by atoms with E-state index in [1.165, 1.54) is 13.2 Å². The molecule has 2 rings (SSSR count). The average molecular weight is 193 g/mol. The van der Waals surface area contributed by atoms with Gasteiger partial charge in [0, 0.05) is 12.0 Å². The van der Waals surface area contributed by atoms with Crippen LogP contribution in [0.3, 0.4) is 0 Å². The van der Waals surface area contributed by atoms with Crippen molar-refractivity contribution in [3.05, 3.63) is 17.6 Å². The Labute approximate surface area is 81.3 Å². The van der Waals surface area contributed by atoms with Gasteiger partial charge in [-0.25, -0.2) is 14.8 Å². The van der Waals surface area contributed by atoms with E-state index in [1.807, 2.05) is 0 Å². The van der Waals surface area contributed by atoms with Crippen LogP contribution >= 0.6 is 0 Å². The van der Waals surface area contributed by atoms with Gasteiger partial charge in [-0.3, -0.25) is 0 Å². The first-order valence-corrected chi connectivity index (χ1v) is 4.43. The summed E-state index contributed by atoms with van der Waals surface area (Å²) in [6, 6.07) is 1.43. The van der Waals surface area contributed by atoms with Crippen LogP contribution in [0.5, 0.6) is 0 Å². The third-order valence-electron chi connectivity index (χ3n) is 2.10.